The van der Waals surface area contributed by atoms with Gasteiger partial charge >= 0.3 is 5.97 Å². The van der Waals surface area contributed by atoms with Crippen LogP contribution in [0.25, 0.3) is 0 Å². The maximum Gasteiger partial charge on any atom is 0.330 e. The highest BCUT2D eigenvalue weighted by Crippen LogP contribution is 2.40. The van der Waals surface area contributed by atoms with E-state index in [0.717, 1.165) is 6.26 Å². The summed E-state index contributed by atoms with van der Waals surface area (Å²) < 4.78 is 46.7. The van der Waals surface area contributed by atoms with E-state index in [1.54, 1.807) is 13.0 Å². The van der Waals surface area contributed by atoms with Gasteiger partial charge in [-0.1, -0.05) is 41.5 Å². The van der Waals surface area contributed by atoms with Gasteiger partial charge in [0.05, 0.1) is 31.7 Å². The number of hydrogen-bond acceptors (Lipinski definition) is 7. The first-order chi connectivity index (χ1) is 13.6. The average molecular weight is 497 g/mol. The molecular weight excluding hydrogens is 452 g/mol. The second-order valence-electron chi connectivity index (χ2n) is 10.9. The first-order valence-electron chi connectivity index (χ1n) is 10.7. The maximum atomic E-state index is 12.0. The Morgan fingerprint density at radius 2 is 1.39 bits per heavy atom. The summed E-state index contributed by atoms with van der Waals surface area (Å²) in [4.78, 5) is 12.0. The molecule has 0 radical (unpaired) electrons. The van der Waals surface area contributed by atoms with E-state index >= 15 is 0 Å². The predicted molar refractivity (Wildman–Crippen MR) is 131 cm³/mol. The van der Waals surface area contributed by atoms with Crippen molar-refractivity contribution in [1.82, 2.24) is 0 Å². The number of carbonyl (C=O) groups excluding carboxylic acids is 1. The van der Waals surface area contributed by atoms with E-state index in [1.165, 1.54) is 6.08 Å². The summed E-state index contributed by atoms with van der Waals surface area (Å²) in [5.74, 6) is -0.485. The zero-order valence-corrected chi connectivity index (χ0v) is 24.3. The normalized spacial score (nSPS) is 16.4. The quantitative estimate of drug-likeness (QED) is 0.175. The van der Waals surface area contributed by atoms with Crippen molar-refractivity contribution >= 4 is 32.7 Å². The molecule has 0 heterocycles. The molecule has 0 aromatic heterocycles. The summed E-state index contributed by atoms with van der Waals surface area (Å²) in [6.45, 7) is 22.8. The Bertz CT molecular complexity index is 717. The summed E-state index contributed by atoms with van der Waals surface area (Å²) in [7, 11) is -8.28. The van der Waals surface area contributed by atoms with E-state index in [1.807, 2.05) is 0 Å². The van der Waals surface area contributed by atoms with Gasteiger partial charge in [-0.3, -0.25) is 4.18 Å². The van der Waals surface area contributed by atoms with E-state index < -0.39 is 44.9 Å². The molecule has 31 heavy (non-hydrogen) atoms. The molecule has 0 aliphatic rings. The summed E-state index contributed by atoms with van der Waals surface area (Å²) in [6.07, 6.45) is 2.58. The van der Waals surface area contributed by atoms with Gasteiger partial charge in [0.1, 0.15) is 0 Å². The van der Waals surface area contributed by atoms with Crippen LogP contribution in [0, 0.1) is 0 Å². The Hall–Kier alpha value is -0.526. The van der Waals surface area contributed by atoms with Crippen molar-refractivity contribution in [3.63, 3.8) is 0 Å². The standard InChI is InChI=1S/C21H44O7SSi2/c1-13-25-19(22)15-14-17(27-30(9,10)20(2,3)4)18(16-26-29(8,23)24)28-31(11,12)21(5,6)7/h14-15,17-18H,13,16H2,1-12H3/b15-14+/t17-,18+/m1/s1. The summed E-state index contributed by atoms with van der Waals surface area (Å²) in [5, 5.41) is -0.203. The minimum Gasteiger partial charge on any atom is -0.463 e. The van der Waals surface area contributed by atoms with Crippen LogP contribution in [-0.4, -0.2) is 62.7 Å². The molecule has 10 heteroatoms. The van der Waals surface area contributed by atoms with E-state index in [4.69, 9.17) is 17.8 Å². The van der Waals surface area contributed by atoms with Crippen molar-refractivity contribution in [2.75, 3.05) is 19.5 Å². The molecule has 0 rings (SSSR count). The SMILES string of the molecule is CCOC(=O)/C=C/[C@@H](O[Si](C)(C)C(C)(C)C)[C@H](COS(C)(=O)=O)O[Si](C)(C)C(C)(C)C. The predicted octanol–water partition coefficient (Wildman–Crippen LogP) is 4.86. The van der Waals surface area contributed by atoms with E-state index in [-0.39, 0.29) is 23.3 Å². The van der Waals surface area contributed by atoms with Crippen molar-refractivity contribution in [3.05, 3.63) is 12.2 Å². The molecule has 0 saturated heterocycles. The van der Waals surface area contributed by atoms with Crippen LogP contribution in [0.15, 0.2) is 12.2 Å². The third kappa shape index (κ3) is 10.8. The molecule has 0 amide bonds. The smallest absolute Gasteiger partial charge is 0.330 e. The Labute approximate surface area is 192 Å². The summed E-state index contributed by atoms with van der Waals surface area (Å²) in [6, 6.07) is 0. The maximum absolute atomic E-state index is 12.0. The van der Waals surface area contributed by atoms with E-state index in [2.05, 4.69) is 67.7 Å². The van der Waals surface area contributed by atoms with Crippen LogP contribution in [0.2, 0.25) is 36.3 Å². The second kappa shape index (κ2) is 11.1. The third-order valence-corrected chi connectivity index (χ3v) is 15.6. The van der Waals surface area contributed by atoms with E-state index in [0.29, 0.717) is 0 Å². The second-order valence-corrected chi connectivity index (χ2v) is 22.0. The highest BCUT2D eigenvalue weighted by molar-refractivity contribution is 7.85. The van der Waals surface area contributed by atoms with Crippen molar-refractivity contribution < 1.29 is 31.0 Å². The molecule has 184 valence electrons. The molecule has 0 saturated carbocycles. The van der Waals surface area contributed by atoms with Gasteiger partial charge in [-0.25, -0.2) is 4.79 Å². The van der Waals surface area contributed by atoms with Gasteiger partial charge < -0.3 is 13.6 Å². The lowest BCUT2D eigenvalue weighted by Gasteiger charge is -2.44. The Morgan fingerprint density at radius 1 is 0.935 bits per heavy atom. The van der Waals surface area contributed by atoms with Gasteiger partial charge in [-0.2, -0.15) is 8.42 Å². The van der Waals surface area contributed by atoms with Crippen LogP contribution in [0.3, 0.4) is 0 Å². The third-order valence-electron chi connectivity index (χ3n) is 6.01. The van der Waals surface area contributed by atoms with Crippen LogP contribution in [0.1, 0.15) is 48.5 Å². The monoisotopic (exact) mass is 496 g/mol. The van der Waals surface area contributed by atoms with Crippen LogP contribution < -0.4 is 0 Å². The number of carbonyl (C=O) groups is 1. The largest absolute Gasteiger partial charge is 0.463 e. The molecular formula is C21H44O7SSi2. The number of esters is 1. The highest BCUT2D eigenvalue weighted by atomic mass is 32.2. The van der Waals surface area contributed by atoms with Crippen molar-refractivity contribution in [2.24, 2.45) is 0 Å². The topological polar surface area (TPSA) is 88.1 Å². The minimum atomic E-state index is -3.68. The lowest BCUT2D eigenvalue weighted by atomic mass is 10.2. The molecule has 0 aromatic carbocycles. The lowest BCUT2D eigenvalue weighted by molar-refractivity contribution is -0.137. The fourth-order valence-corrected chi connectivity index (χ4v) is 5.02. The average Bonchev–Trinajstić information content (AvgIpc) is 2.52. The Balaban J connectivity index is 6.22. The van der Waals surface area contributed by atoms with Gasteiger partial charge in [-0.15, -0.1) is 0 Å². The van der Waals surface area contributed by atoms with Gasteiger partial charge in [0.25, 0.3) is 10.1 Å². The van der Waals surface area contributed by atoms with Crippen LogP contribution in [0.4, 0.5) is 0 Å². The summed E-state index contributed by atoms with van der Waals surface area (Å²) in [5.41, 5.74) is 0. The van der Waals surface area contributed by atoms with Crippen LogP contribution >= 0.6 is 0 Å². The molecule has 0 bridgehead atoms. The molecule has 0 unspecified atom stereocenters. The molecule has 2 atom stereocenters. The molecule has 0 aromatic rings. The number of ether oxygens (including phenoxy) is 1. The lowest BCUT2D eigenvalue weighted by Crippen LogP contribution is -2.52. The summed E-state index contributed by atoms with van der Waals surface area (Å²) >= 11 is 0. The highest BCUT2D eigenvalue weighted by Gasteiger charge is 2.44. The molecule has 7 nitrogen and oxygen atoms in total. The van der Waals surface area contributed by atoms with Gasteiger partial charge in [0.15, 0.2) is 16.6 Å². The molecule has 0 aliphatic carbocycles. The first-order valence-corrected chi connectivity index (χ1v) is 18.3. The van der Waals surface area contributed by atoms with Gasteiger partial charge in [0, 0.05) is 6.08 Å². The van der Waals surface area contributed by atoms with Crippen molar-refractivity contribution in [2.45, 2.75) is 96.9 Å². The first kappa shape index (κ1) is 30.5. The molecule has 0 aliphatic heterocycles. The number of hydrogen-bond donors (Lipinski definition) is 0. The van der Waals surface area contributed by atoms with Crippen molar-refractivity contribution in [1.29, 1.82) is 0 Å². The molecule has 0 spiro atoms. The number of rotatable bonds is 11. The van der Waals surface area contributed by atoms with Crippen LogP contribution in [-0.2, 0) is 32.7 Å². The molecule has 0 N–H and O–H groups in total. The fourth-order valence-electron chi connectivity index (χ4n) is 2.06. The zero-order valence-electron chi connectivity index (χ0n) is 21.5. The fraction of sp³-hybridized carbons (Fsp3) is 0.857. The zero-order chi connectivity index (χ0) is 24.9. The van der Waals surface area contributed by atoms with Gasteiger partial charge in [0.2, 0.25) is 0 Å². The van der Waals surface area contributed by atoms with E-state index in [9.17, 15) is 13.2 Å². The van der Waals surface area contributed by atoms with Gasteiger partial charge in [-0.05, 0) is 49.3 Å². The van der Waals surface area contributed by atoms with Crippen molar-refractivity contribution in [3.8, 4) is 0 Å². The molecule has 0 fully saturated rings. The Kier molecular flexibility index (Phi) is 10.9. The minimum absolute atomic E-state index is 0.0950. The van der Waals surface area contributed by atoms with Crippen LogP contribution in [0.5, 0.6) is 0 Å². The Morgan fingerprint density at radius 3 is 1.77 bits per heavy atom.